The van der Waals surface area contributed by atoms with Crippen LogP contribution in [0.25, 0.3) is 0 Å². The van der Waals surface area contributed by atoms with E-state index in [4.69, 9.17) is 9.47 Å². The van der Waals surface area contributed by atoms with Gasteiger partial charge in [-0.05, 0) is 43.1 Å². The highest BCUT2D eigenvalue weighted by atomic mass is 16.5. The molecule has 0 spiro atoms. The number of nitrogens with one attached hydrogen (secondary N) is 2. The van der Waals surface area contributed by atoms with Crippen LogP contribution in [0.5, 0.6) is 11.5 Å². The van der Waals surface area contributed by atoms with Crippen molar-refractivity contribution in [3.8, 4) is 11.5 Å². The molecule has 0 bridgehead atoms. The maximum absolute atomic E-state index is 12.5. The molecular formula is C23H31N3O4. The molecule has 0 aliphatic rings. The van der Waals surface area contributed by atoms with Gasteiger partial charge in [0.25, 0.3) is 0 Å². The minimum Gasteiger partial charge on any atom is -0.496 e. The Balaban J connectivity index is 1.83. The first-order valence-electron chi connectivity index (χ1n) is 10.1. The van der Waals surface area contributed by atoms with E-state index < -0.39 is 0 Å². The summed E-state index contributed by atoms with van der Waals surface area (Å²) in [7, 11) is 3.19. The number of rotatable bonds is 12. The van der Waals surface area contributed by atoms with Crippen molar-refractivity contribution >= 4 is 17.5 Å². The molecule has 2 aromatic carbocycles. The van der Waals surface area contributed by atoms with Gasteiger partial charge in [0.05, 0.1) is 33.0 Å². The smallest absolute Gasteiger partial charge is 0.238 e. The van der Waals surface area contributed by atoms with Crippen molar-refractivity contribution in [2.45, 2.75) is 19.8 Å². The summed E-state index contributed by atoms with van der Waals surface area (Å²) in [6.07, 6.45) is 1.52. The molecule has 2 aromatic rings. The van der Waals surface area contributed by atoms with Gasteiger partial charge in [-0.3, -0.25) is 14.5 Å². The molecule has 0 saturated carbocycles. The number of anilines is 1. The van der Waals surface area contributed by atoms with Crippen LogP contribution in [0.4, 0.5) is 5.69 Å². The summed E-state index contributed by atoms with van der Waals surface area (Å²) in [4.78, 5) is 26.7. The van der Waals surface area contributed by atoms with Gasteiger partial charge in [0.1, 0.15) is 11.5 Å². The van der Waals surface area contributed by atoms with Crippen LogP contribution in [0.15, 0.2) is 48.5 Å². The third-order valence-corrected chi connectivity index (χ3v) is 4.56. The normalized spacial score (nSPS) is 10.5. The minimum absolute atomic E-state index is 0.108. The maximum atomic E-state index is 12.5. The number of hydrogen-bond donors (Lipinski definition) is 2. The molecule has 0 unspecified atom stereocenters. The predicted molar refractivity (Wildman–Crippen MR) is 118 cm³/mol. The lowest BCUT2D eigenvalue weighted by atomic mass is 10.1. The molecule has 0 saturated heterocycles. The van der Waals surface area contributed by atoms with Gasteiger partial charge in [-0.15, -0.1) is 0 Å². The summed E-state index contributed by atoms with van der Waals surface area (Å²) in [5, 5.41) is 5.77. The van der Waals surface area contributed by atoms with E-state index >= 15 is 0 Å². The zero-order valence-corrected chi connectivity index (χ0v) is 17.9. The van der Waals surface area contributed by atoms with Crippen molar-refractivity contribution < 1.29 is 19.1 Å². The van der Waals surface area contributed by atoms with Gasteiger partial charge >= 0.3 is 0 Å². The van der Waals surface area contributed by atoms with E-state index in [1.807, 2.05) is 48.2 Å². The Hall–Kier alpha value is -3.06. The Labute approximate surface area is 178 Å². The average molecular weight is 414 g/mol. The Morgan fingerprint density at radius 1 is 0.900 bits per heavy atom. The monoisotopic (exact) mass is 413 g/mol. The Morgan fingerprint density at radius 2 is 1.53 bits per heavy atom. The minimum atomic E-state index is -0.185. The first-order chi connectivity index (χ1) is 14.6. The molecule has 0 fully saturated rings. The van der Waals surface area contributed by atoms with Gasteiger partial charge in [-0.25, -0.2) is 0 Å². The van der Waals surface area contributed by atoms with Crippen LogP contribution < -0.4 is 20.1 Å². The SMILES string of the molecule is CCCN(CC(=O)NCCc1ccccc1OC)CC(=O)Nc1ccccc1OC. The molecule has 7 nitrogen and oxygen atoms in total. The molecule has 0 aromatic heterocycles. The van der Waals surface area contributed by atoms with E-state index in [1.54, 1.807) is 26.4 Å². The summed E-state index contributed by atoms with van der Waals surface area (Å²) < 4.78 is 10.6. The van der Waals surface area contributed by atoms with E-state index in [-0.39, 0.29) is 24.9 Å². The summed E-state index contributed by atoms with van der Waals surface area (Å²) in [6, 6.07) is 15.0. The molecule has 0 atom stereocenters. The fourth-order valence-electron chi connectivity index (χ4n) is 3.18. The molecule has 0 radical (unpaired) electrons. The second kappa shape index (κ2) is 12.5. The summed E-state index contributed by atoms with van der Waals surface area (Å²) >= 11 is 0. The number of para-hydroxylation sites is 3. The summed E-state index contributed by atoms with van der Waals surface area (Å²) in [5.74, 6) is 1.12. The van der Waals surface area contributed by atoms with Crippen molar-refractivity contribution in [3.05, 3.63) is 54.1 Å². The lowest BCUT2D eigenvalue weighted by Crippen LogP contribution is -2.42. The first kappa shape index (κ1) is 23.2. The molecule has 2 N–H and O–H groups in total. The molecule has 0 aliphatic carbocycles. The van der Waals surface area contributed by atoms with E-state index in [1.165, 1.54) is 0 Å². The highest BCUT2D eigenvalue weighted by Crippen LogP contribution is 2.22. The van der Waals surface area contributed by atoms with Crippen molar-refractivity contribution in [3.63, 3.8) is 0 Å². The Morgan fingerprint density at radius 3 is 2.23 bits per heavy atom. The predicted octanol–water partition coefficient (Wildman–Crippen LogP) is 2.71. The van der Waals surface area contributed by atoms with Crippen LogP contribution in [-0.2, 0) is 16.0 Å². The zero-order chi connectivity index (χ0) is 21.8. The first-order valence-corrected chi connectivity index (χ1v) is 10.1. The van der Waals surface area contributed by atoms with Gasteiger partial charge in [0.15, 0.2) is 0 Å². The number of amides is 2. The fourth-order valence-corrected chi connectivity index (χ4v) is 3.18. The van der Waals surface area contributed by atoms with Crippen LogP contribution >= 0.6 is 0 Å². The second-order valence-corrected chi connectivity index (χ2v) is 6.87. The number of hydrogen-bond acceptors (Lipinski definition) is 5. The Kier molecular flexibility index (Phi) is 9.67. The van der Waals surface area contributed by atoms with Gasteiger partial charge < -0.3 is 20.1 Å². The molecule has 30 heavy (non-hydrogen) atoms. The summed E-state index contributed by atoms with van der Waals surface area (Å²) in [5.41, 5.74) is 1.66. The number of ether oxygens (including phenoxy) is 2. The van der Waals surface area contributed by atoms with Crippen LogP contribution in [0, 0.1) is 0 Å². The second-order valence-electron chi connectivity index (χ2n) is 6.87. The largest absolute Gasteiger partial charge is 0.496 e. The van der Waals surface area contributed by atoms with Crippen molar-refractivity contribution in [2.24, 2.45) is 0 Å². The summed E-state index contributed by atoms with van der Waals surface area (Å²) in [6.45, 7) is 3.47. The quantitative estimate of drug-likeness (QED) is 0.559. The Bertz CT molecular complexity index is 826. The van der Waals surface area contributed by atoms with E-state index in [9.17, 15) is 9.59 Å². The molecule has 7 heteroatoms. The third kappa shape index (κ3) is 7.40. The standard InChI is InChI=1S/C23H31N3O4/c1-4-15-26(17-23(28)25-19-10-6-8-12-21(19)30-3)16-22(27)24-14-13-18-9-5-7-11-20(18)29-2/h5-12H,4,13-17H2,1-3H3,(H,24,27)(H,25,28). The third-order valence-electron chi connectivity index (χ3n) is 4.56. The van der Waals surface area contributed by atoms with E-state index in [0.717, 1.165) is 17.7 Å². The molecule has 0 aliphatic heterocycles. The van der Waals surface area contributed by atoms with Crippen molar-refractivity contribution in [1.82, 2.24) is 10.2 Å². The lowest BCUT2D eigenvalue weighted by molar-refractivity contribution is -0.123. The van der Waals surface area contributed by atoms with Crippen LogP contribution in [0.3, 0.4) is 0 Å². The fraction of sp³-hybridized carbons (Fsp3) is 0.391. The van der Waals surface area contributed by atoms with Crippen molar-refractivity contribution in [2.75, 3.05) is 45.7 Å². The molecule has 0 heterocycles. The number of carbonyl (C=O) groups is 2. The van der Waals surface area contributed by atoms with Crippen LogP contribution in [0.2, 0.25) is 0 Å². The van der Waals surface area contributed by atoms with Crippen LogP contribution in [0.1, 0.15) is 18.9 Å². The van der Waals surface area contributed by atoms with Gasteiger partial charge in [-0.2, -0.15) is 0 Å². The molecular weight excluding hydrogens is 382 g/mol. The van der Waals surface area contributed by atoms with Gasteiger partial charge in [0.2, 0.25) is 11.8 Å². The molecule has 162 valence electrons. The zero-order valence-electron chi connectivity index (χ0n) is 17.9. The number of nitrogens with zero attached hydrogens (tertiary/aromatic N) is 1. The highest BCUT2D eigenvalue weighted by Gasteiger charge is 2.15. The molecule has 2 rings (SSSR count). The van der Waals surface area contributed by atoms with Gasteiger partial charge in [0, 0.05) is 6.54 Å². The lowest BCUT2D eigenvalue weighted by Gasteiger charge is -2.21. The van der Waals surface area contributed by atoms with Crippen molar-refractivity contribution in [1.29, 1.82) is 0 Å². The van der Waals surface area contributed by atoms with Gasteiger partial charge in [-0.1, -0.05) is 37.3 Å². The number of methoxy groups -OCH3 is 2. The highest BCUT2D eigenvalue weighted by molar-refractivity contribution is 5.94. The maximum Gasteiger partial charge on any atom is 0.238 e. The number of carbonyl (C=O) groups excluding carboxylic acids is 2. The topological polar surface area (TPSA) is 79.9 Å². The van der Waals surface area contributed by atoms with E-state index in [2.05, 4.69) is 10.6 Å². The molecule has 2 amide bonds. The number of benzene rings is 2. The van der Waals surface area contributed by atoms with E-state index in [0.29, 0.717) is 30.9 Å². The average Bonchev–Trinajstić information content (AvgIpc) is 2.74. The van der Waals surface area contributed by atoms with Crippen LogP contribution in [-0.4, -0.2) is 57.1 Å².